The van der Waals surface area contributed by atoms with Crippen LogP contribution < -0.4 is 15.4 Å². The number of morpholine rings is 1. The number of hydrogen-bond donors (Lipinski definition) is 2. The highest BCUT2D eigenvalue weighted by Gasteiger charge is 2.23. The first-order valence-corrected chi connectivity index (χ1v) is 10.2. The molecule has 0 spiro atoms. The van der Waals surface area contributed by atoms with Crippen LogP contribution >= 0.6 is 35.6 Å². The minimum Gasteiger partial charge on any atom is -0.497 e. The normalized spacial score (nSPS) is 15.8. The summed E-state index contributed by atoms with van der Waals surface area (Å²) in [4.78, 5) is 6.80. The van der Waals surface area contributed by atoms with E-state index in [0.717, 1.165) is 55.1 Å². The number of rotatable bonds is 7. The highest BCUT2D eigenvalue weighted by atomic mass is 127. The Kier molecular flexibility index (Phi) is 10.7. The highest BCUT2D eigenvalue weighted by Crippen LogP contribution is 2.23. The number of benzene rings is 2. The standard InChI is InChI=1S/C22H29ClN4O2.HI/c1-24-22(25-15-18-5-3-4-6-20(18)23)26-16-21(27-11-13-29-14-12-27)17-7-9-19(28-2)10-8-17;/h3-10,21H,11-16H2,1-2H3,(H2,24,25,26);1H. The minimum absolute atomic E-state index is 0. The number of halogens is 2. The van der Waals surface area contributed by atoms with Crippen LogP contribution in [0.3, 0.4) is 0 Å². The Balaban J connectivity index is 0.00000320. The summed E-state index contributed by atoms with van der Waals surface area (Å²) < 4.78 is 10.8. The third kappa shape index (κ3) is 7.01. The zero-order valence-electron chi connectivity index (χ0n) is 17.4. The van der Waals surface area contributed by atoms with E-state index in [4.69, 9.17) is 21.1 Å². The predicted molar refractivity (Wildman–Crippen MR) is 133 cm³/mol. The lowest BCUT2D eigenvalue weighted by Crippen LogP contribution is -2.46. The van der Waals surface area contributed by atoms with Crippen molar-refractivity contribution in [2.24, 2.45) is 4.99 Å². The summed E-state index contributed by atoms with van der Waals surface area (Å²) in [7, 11) is 3.46. The van der Waals surface area contributed by atoms with Crippen LogP contribution in [0.5, 0.6) is 5.75 Å². The van der Waals surface area contributed by atoms with Crippen molar-refractivity contribution in [1.82, 2.24) is 15.5 Å². The first-order valence-electron chi connectivity index (χ1n) is 9.85. The Bertz CT molecular complexity index is 798. The monoisotopic (exact) mass is 544 g/mol. The molecule has 0 aromatic heterocycles. The average molecular weight is 545 g/mol. The zero-order chi connectivity index (χ0) is 20.5. The quantitative estimate of drug-likeness (QED) is 0.316. The van der Waals surface area contributed by atoms with Gasteiger partial charge in [-0.3, -0.25) is 9.89 Å². The lowest BCUT2D eigenvalue weighted by atomic mass is 10.0. The second kappa shape index (κ2) is 13.0. The third-order valence-corrected chi connectivity index (χ3v) is 5.45. The minimum atomic E-state index is 0. The molecular weight excluding hydrogens is 515 g/mol. The maximum atomic E-state index is 6.26. The van der Waals surface area contributed by atoms with Gasteiger partial charge in [0.15, 0.2) is 5.96 Å². The Morgan fingerprint density at radius 2 is 1.83 bits per heavy atom. The van der Waals surface area contributed by atoms with Gasteiger partial charge in [0.25, 0.3) is 0 Å². The summed E-state index contributed by atoms with van der Waals surface area (Å²) in [5.74, 6) is 1.61. The van der Waals surface area contributed by atoms with Crippen molar-refractivity contribution >= 4 is 41.5 Å². The molecule has 1 saturated heterocycles. The molecule has 1 atom stereocenters. The van der Waals surface area contributed by atoms with Crippen molar-refractivity contribution in [1.29, 1.82) is 0 Å². The Morgan fingerprint density at radius 3 is 2.47 bits per heavy atom. The van der Waals surface area contributed by atoms with Gasteiger partial charge in [0.1, 0.15) is 5.75 Å². The summed E-state index contributed by atoms with van der Waals surface area (Å²) in [5, 5.41) is 7.56. The summed E-state index contributed by atoms with van der Waals surface area (Å²) in [6.45, 7) is 4.67. The van der Waals surface area contributed by atoms with Crippen LogP contribution in [-0.4, -0.2) is 57.9 Å². The number of nitrogens with one attached hydrogen (secondary N) is 2. The van der Waals surface area contributed by atoms with Crippen molar-refractivity contribution in [2.45, 2.75) is 12.6 Å². The van der Waals surface area contributed by atoms with E-state index >= 15 is 0 Å². The number of guanidine groups is 1. The fourth-order valence-electron chi connectivity index (χ4n) is 3.41. The van der Waals surface area contributed by atoms with Gasteiger partial charge in [0.05, 0.1) is 26.4 Å². The lowest BCUT2D eigenvalue weighted by Gasteiger charge is -2.35. The third-order valence-electron chi connectivity index (χ3n) is 5.08. The molecule has 2 aromatic rings. The van der Waals surface area contributed by atoms with E-state index in [2.05, 4.69) is 32.7 Å². The molecule has 8 heteroatoms. The molecule has 30 heavy (non-hydrogen) atoms. The first kappa shape index (κ1) is 24.7. The van der Waals surface area contributed by atoms with Gasteiger partial charge in [0.2, 0.25) is 0 Å². The molecule has 0 saturated carbocycles. The maximum absolute atomic E-state index is 6.26. The molecule has 1 unspecified atom stereocenters. The topological polar surface area (TPSA) is 58.1 Å². The number of ether oxygens (including phenoxy) is 2. The smallest absolute Gasteiger partial charge is 0.191 e. The molecule has 0 aliphatic carbocycles. The van der Waals surface area contributed by atoms with Gasteiger partial charge in [-0.2, -0.15) is 0 Å². The van der Waals surface area contributed by atoms with E-state index in [1.165, 1.54) is 5.56 Å². The summed E-state index contributed by atoms with van der Waals surface area (Å²) in [6, 6.07) is 16.3. The van der Waals surface area contributed by atoms with Crippen LogP contribution in [0, 0.1) is 0 Å². The second-order valence-corrected chi connectivity index (χ2v) is 7.24. The van der Waals surface area contributed by atoms with Gasteiger partial charge in [-0.15, -0.1) is 24.0 Å². The summed E-state index contributed by atoms with van der Waals surface area (Å²) in [5.41, 5.74) is 2.28. The van der Waals surface area contributed by atoms with Crippen LogP contribution in [0.4, 0.5) is 0 Å². The molecule has 0 amide bonds. The van der Waals surface area contributed by atoms with E-state index in [-0.39, 0.29) is 30.0 Å². The van der Waals surface area contributed by atoms with Gasteiger partial charge in [-0.25, -0.2) is 0 Å². The number of methoxy groups -OCH3 is 1. The zero-order valence-corrected chi connectivity index (χ0v) is 20.5. The molecule has 2 aromatic carbocycles. The molecule has 0 bridgehead atoms. The van der Waals surface area contributed by atoms with Gasteiger partial charge < -0.3 is 20.1 Å². The Morgan fingerprint density at radius 1 is 1.13 bits per heavy atom. The van der Waals surface area contributed by atoms with Crippen molar-refractivity contribution in [3.05, 3.63) is 64.7 Å². The van der Waals surface area contributed by atoms with Crippen LogP contribution in [0.15, 0.2) is 53.5 Å². The molecule has 1 heterocycles. The predicted octanol–water partition coefficient (Wildman–Crippen LogP) is 3.71. The number of aliphatic imine (C=N–C) groups is 1. The molecule has 1 aliphatic heterocycles. The van der Waals surface area contributed by atoms with E-state index in [0.29, 0.717) is 6.54 Å². The molecule has 164 valence electrons. The largest absolute Gasteiger partial charge is 0.497 e. The molecule has 1 aliphatic rings. The fourth-order valence-corrected chi connectivity index (χ4v) is 3.61. The van der Waals surface area contributed by atoms with Gasteiger partial charge in [-0.05, 0) is 29.3 Å². The Labute approximate surface area is 201 Å². The molecule has 6 nitrogen and oxygen atoms in total. The fraction of sp³-hybridized carbons (Fsp3) is 0.409. The molecule has 0 radical (unpaired) electrons. The van der Waals surface area contributed by atoms with Crippen molar-refractivity contribution in [2.75, 3.05) is 47.0 Å². The van der Waals surface area contributed by atoms with Crippen LogP contribution in [0.1, 0.15) is 17.2 Å². The summed E-state index contributed by atoms with van der Waals surface area (Å²) in [6.07, 6.45) is 0. The van der Waals surface area contributed by atoms with Gasteiger partial charge >= 0.3 is 0 Å². The van der Waals surface area contributed by atoms with E-state index in [1.807, 2.05) is 36.4 Å². The molecule has 1 fully saturated rings. The molecular formula is C22H30ClIN4O2. The van der Waals surface area contributed by atoms with Gasteiger partial charge in [-0.1, -0.05) is 41.9 Å². The Hall–Kier alpha value is -1.55. The van der Waals surface area contributed by atoms with Crippen molar-refractivity contribution in [3.8, 4) is 5.75 Å². The number of nitrogens with zero attached hydrogens (tertiary/aromatic N) is 2. The van der Waals surface area contributed by atoms with Crippen LogP contribution in [0.2, 0.25) is 5.02 Å². The maximum Gasteiger partial charge on any atom is 0.191 e. The molecule has 3 rings (SSSR count). The average Bonchev–Trinajstić information content (AvgIpc) is 2.78. The van der Waals surface area contributed by atoms with Crippen LogP contribution in [0.25, 0.3) is 0 Å². The second-order valence-electron chi connectivity index (χ2n) is 6.84. The number of hydrogen-bond acceptors (Lipinski definition) is 4. The van der Waals surface area contributed by atoms with E-state index in [1.54, 1.807) is 14.2 Å². The lowest BCUT2D eigenvalue weighted by molar-refractivity contribution is 0.0170. The van der Waals surface area contributed by atoms with E-state index in [9.17, 15) is 0 Å². The van der Waals surface area contributed by atoms with Gasteiger partial charge in [0, 0.05) is 38.2 Å². The SMILES string of the molecule is CN=C(NCc1ccccc1Cl)NCC(c1ccc(OC)cc1)N1CCOCC1.I. The van der Waals surface area contributed by atoms with Crippen molar-refractivity contribution in [3.63, 3.8) is 0 Å². The van der Waals surface area contributed by atoms with E-state index < -0.39 is 0 Å². The van der Waals surface area contributed by atoms with Crippen LogP contribution in [-0.2, 0) is 11.3 Å². The highest BCUT2D eigenvalue weighted by molar-refractivity contribution is 14.0. The first-order chi connectivity index (χ1) is 14.2. The summed E-state index contributed by atoms with van der Waals surface area (Å²) >= 11 is 6.26. The van der Waals surface area contributed by atoms with Crippen molar-refractivity contribution < 1.29 is 9.47 Å². The molecule has 2 N–H and O–H groups in total.